The third-order valence-corrected chi connectivity index (χ3v) is 9.07. The van der Waals surface area contributed by atoms with Gasteiger partial charge in [0, 0.05) is 56.1 Å². The maximum absolute atomic E-state index is 4.84. The predicted octanol–water partition coefficient (Wildman–Crippen LogP) is 9.83. The maximum Gasteiger partial charge on any atom is 0.145 e. The van der Waals surface area contributed by atoms with E-state index in [1.807, 2.05) is 6.20 Å². The Balaban J connectivity index is 1.51. The predicted molar refractivity (Wildman–Crippen MR) is 179 cm³/mol. The number of hydrogen-bond acceptors (Lipinski definition) is 1. The number of imidazole rings is 1. The van der Waals surface area contributed by atoms with Crippen molar-refractivity contribution in [3.63, 3.8) is 0 Å². The van der Waals surface area contributed by atoms with Gasteiger partial charge in [-0.15, -0.1) is 0 Å². The fraction of sp³-hybridized carbons (Fsp3) is 0. The van der Waals surface area contributed by atoms with Gasteiger partial charge in [0.15, 0.2) is 0 Å². The van der Waals surface area contributed by atoms with Crippen LogP contribution in [0.25, 0.3) is 82.3 Å². The van der Waals surface area contributed by atoms with Gasteiger partial charge in [0.1, 0.15) is 5.65 Å². The van der Waals surface area contributed by atoms with Gasteiger partial charge in [-0.2, -0.15) is 0 Å². The van der Waals surface area contributed by atoms with Gasteiger partial charge in [0.25, 0.3) is 0 Å². The SMILES string of the molecule is c1ccc(-n2c3ccccc3c3c4c5ccc6c7ccccc7c7nccn7c6c5n(-c5ccccc5)c4ccc32)cc1. The Labute approximate surface area is 246 Å². The molecular weight excluding hydrogens is 524 g/mol. The number of para-hydroxylation sites is 3. The number of rotatable bonds is 2. The lowest BCUT2D eigenvalue weighted by atomic mass is 10.0. The van der Waals surface area contributed by atoms with Crippen LogP contribution in [-0.4, -0.2) is 18.5 Å². The van der Waals surface area contributed by atoms with Gasteiger partial charge in [-0.25, -0.2) is 4.98 Å². The summed E-state index contributed by atoms with van der Waals surface area (Å²) in [6, 6.07) is 48.1. The van der Waals surface area contributed by atoms with Gasteiger partial charge in [-0.1, -0.05) is 91.0 Å². The number of benzene rings is 6. The standard InChI is InChI=1S/C39H24N4/c1-3-11-25(12-4-1)42-32-18-10-9-17-30(32)35-33(42)21-22-34-36(35)31-20-19-28-27-15-7-8-16-29(27)39-40-23-24-41(39)37(28)38(31)43(34)26-13-5-2-6-14-26/h1-24H. The molecule has 200 valence electrons. The lowest BCUT2D eigenvalue weighted by Gasteiger charge is -2.13. The summed E-state index contributed by atoms with van der Waals surface area (Å²) < 4.78 is 7.14. The molecule has 4 heterocycles. The Kier molecular flexibility index (Phi) is 4.42. The van der Waals surface area contributed by atoms with E-state index in [1.54, 1.807) is 0 Å². The van der Waals surface area contributed by atoms with Crippen LogP contribution in [-0.2, 0) is 0 Å². The molecule has 0 aliphatic rings. The van der Waals surface area contributed by atoms with Crippen molar-refractivity contribution in [1.29, 1.82) is 0 Å². The zero-order valence-electron chi connectivity index (χ0n) is 23.1. The van der Waals surface area contributed by atoms with Crippen LogP contribution in [0.2, 0.25) is 0 Å². The molecule has 0 fully saturated rings. The van der Waals surface area contributed by atoms with Crippen LogP contribution in [0.15, 0.2) is 146 Å². The summed E-state index contributed by atoms with van der Waals surface area (Å²) in [5.41, 5.74) is 9.25. The van der Waals surface area contributed by atoms with Crippen molar-refractivity contribution in [3.8, 4) is 11.4 Å². The monoisotopic (exact) mass is 548 g/mol. The average molecular weight is 549 g/mol. The van der Waals surface area contributed by atoms with Crippen LogP contribution in [0.4, 0.5) is 0 Å². The Morgan fingerprint density at radius 2 is 0.977 bits per heavy atom. The second-order valence-corrected chi connectivity index (χ2v) is 11.2. The van der Waals surface area contributed by atoms with Crippen molar-refractivity contribution in [2.75, 3.05) is 0 Å². The van der Waals surface area contributed by atoms with Crippen molar-refractivity contribution >= 4 is 70.9 Å². The van der Waals surface area contributed by atoms with E-state index in [4.69, 9.17) is 4.98 Å². The minimum Gasteiger partial charge on any atom is -0.309 e. The first-order valence-electron chi connectivity index (χ1n) is 14.7. The van der Waals surface area contributed by atoms with E-state index in [-0.39, 0.29) is 0 Å². The third-order valence-electron chi connectivity index (χ3n) is 9.07. The van der Waals surface area contributed by atoms with Crippen LogP contribution in [0.5, 0.6) is 0 Å². The van der Waals surface area contributed by atoms with E-state index in [0.29, 0.717) is 0 Å². The fourth-order valence-corrected chi connectivity index (χ4v) is 7.39. The second-order valence-electron chi connectivity index (χ2n) is 11.2. The van der Waals surface area contributed by atoms with Gasteiger partial charge >= 0.3 is 0 Å². The zero-order valence-corrected chi connectivity index (χ0v) is 23.1. The molecule has 10 rings (SSSR count). The first kappa shape index (κ1) is 22.8. The van der Waals surface area contributed by atoms with E-state index in [0.717, 1.165) is 22.4 Å². The van der Waals surface area contributed by atoms with Crippen molar-refractivity contribution in [3.05, 3.63) is 146 Å². The second kappa shape index (κ2) is 8.34. The Morgan fingerprint density at radius 3 is 1.74 bits per heavy atom. The van der Waals surface area contributed by atoms with Gasteiger partial charge in [0.05, 0.1) is 27.6 Å². The molecule has 0 radical (unpaired) electrons. The van der Waals surface area contributed by atoms with Gasteiger partial charge in [-0.05, 0) is 47.9 Å². The van der Waals surface area contributed by atoms with Crippen LogP contribution < -0.4 is 0 Å². The first-order valence-corrected chi connectivity index (χ1v) is 14.7. The molecule has 4 aromatic heterocycles. The molecule has 10 aromatic rings. The van der Waals surface area contributed by atoms with E-state index in [9.17, 15) is 0 Å². The number of hydrogen-bond donors (Lipinski definition) is 0. The number of nitrogens with zero attached hydrogens (tertiary/aromatic N) is 4. The summed E-state index contributed by atoms with van der Waals surface area (Å²) in [7, 11) is 0. The molecule has 0 unspecified atom stereocenters. The first-order chi connectivity index (χ1) is 21.4. The molecule has 0 saturated heterocycles. The molecule has 4 nitrogen and oxygen atoms in total. The molecule has 0 atom stereocenters. The van der Waals surface area contributed by atoms with Crippen LogP contribution in [0.3, 0.4) is 0 Å². The van der Waals surface area contributed by atoms with Crippen molar-refractivity contribution in [2.45, 2.75) is 0 Å². The summed E-state index contributed by atoms with van der Waals surface area (Å²) >= 11 is 0. The molecule has 6 aromatic carbocycles. The molecule has 0 amide bonds. The molecule has 43 heavy (non-hydrogen) atoms. The normalized spacial score (nSPS) is 12.2. The fourth-order valence-electron chi connectivity index (χ4n) is 7.39. The molecule has 4 heteroatoms. The Hall–Kier alpha value is -5.87. The lowest BCUT2D eigenvalue weighted by Crippen LogP contribution is -1.98. The van der Waals surface area contributed by atoms with Gasteiger partial charge in [0.2, 0.25) is 0 Å². The summed E-state index contributed by atoms with van der Waals surface area (Å²) in [5, 5.41) is 8.63. The molecule has 0 aliphatic carbocycles. The molecule has 0 aliphatic heterocycles. The highest BCUT2D eigenvalue weighted by molar-refractivity contribution is 6.32. The minimum atomic E-state index is 0.978. The Morgan fingerprint density at radius 1 is 0.395 bits per heavy atom. The quantitative estimate of drug-likeness (QED) is 0.198. The zero-order chi connectivity index (χ0) is 28.1. The van der Waals surface area contributed by atoms with E-state index in [1.165, 1.54) is 59.9 Å². The van der Waals surface area contributed by atoms with E-state index >= 15 is 0 Å². The summed E-state index contributed by atoms with van der Waals surface area (Å²) in [5.74, 6) is 0. The van der Waals surface area contributed by atoms with Crippen molar-refractivity contribution in [2.24, 2.45) is 0 Å². The third kappa shape index (κ3) is 2.92. The van der Waals surface area contributed by atoms with E-state index in [2.05, 4.69) is 153 Å². The number of fused-ring (bicyclic) bond motifs is 14. The van der Waals surface area contributed by atoms with Crippen LogP contribution in [0.1, 0.15) is 0 Å². The van der Waals surface area contributed by atoms with Crippen LogP contribution in [0, 0.1) is 0 Å². The minimum absolute atomic E-state index is 0.978. The molecule has 0 N–H and O–H groups in total. The molecular formula is C39H24N4. The highest BCUT2D eigenvalue weighted by Crippen LogP contribution is 2.45. The topological polar surface area (TPSA) is 27.2 Å². The van der Waals surface area contributed by atoms with Crippen LogP contribution >= 0.6 is 0 Å². The maximum atomic E-state index is 4.84. The van der Waals surface area contributed by atoms with Gasteiger partial charge in [-0.3, -0.25) is 4.40 Å². The smallest absolute Gasteiger partial charge is 0.145 e. The molecule has 0 spiro atoms. The largest absolute Gasteiger partial charge is 0.309 e. The highest BCUT2D eigenvalue weighted by Gasteiger charge is 2.23. The summed E-state index contributed by atoms with van der Waals surface area (Å²) in [6.07, 6.45) is 4.02. The van der Waals surface area contributed by atoms with Crippen molar-refractivity contribution < 1.29 is 0 Å². The lowest BCUT2D eigenvalue weighted by molar-refractivity contribution is 1.17. The summed E-state index contributed by atoms with van der Waals surface area (Å²) in [4.78, 5) is 4.84. The van der Waals surface area contributed by atoms with Gasteiger partial charge < -0.3 is 9.13 Å². The summed E-state index contributed by atoms with van der Waals surface area (Å²) in [6.45, 7) is 0. The molecule has 0 saturated carbocycles. The molecule has 0 bridgehead atoms. The van der Waals surface area contributed by atoms with Crippen molar-refractivity contribution in [1.82, 2.24) is 18.5 Å². The highest BCUT2D eigenvalue weighted by atomic mass is 15.0. The Bertz CT molecular complexity index is 2710. The van der Waals surface area contributed by atoms with E-state index < -0.39 is 0 Å². The average Bonchev–Trinajstić information content (AvgIpc) is 3.78. The number of aromatic nitrogens is 4. The number of pyridine rings is 1.